The number of aliphatic hydroxyl groups is 1. The first kappa shape index (κ1) is 13.6. The Bertz CT molecular complexity index is 578. The van der Waals surface area contributed by atoms with E-state index in [4.69, 9.17) is 9.84 Å². The number of aromatic nitrogens is 1. The molecule has 3 nitrogen and oxygen atoms in total. The number of aliphatic hydroxyl groups excluding tert-OH is 1. The largest absolute Gasteiger partial charge is 0.481 e. The van der Waals surface area contributed by atoms with Gasteiger partial charge in [0.15, 0.2) is 0 Å². The molecule has 19 heavy (non-hydrogen) atoms. The number of hydrogen-bond acceptors (Lipinski definition) is 3. The van der Waals surface area contributed by atoms with Crippen LogP contribution in [-0.4, -0.2) is 23.8 Å². The molecule has 0 spiro atoms. The molecule has 0 aliphatic heterocycles. The zero-order valence-electron chi connectivity index (χ0n) is 11.3. The van der Waals surface area contributed by atoms with Crippen molar-refractivity contribution < 1.29 is 9.84 Å². The van der Waals surface area contributed by atoms with Crippen LogP contribution in [0.3, 0.4) is 0 Å². The van der Waals surface area contributed by atoms with E-state index in [0.717, 1.165) is 22.8 Å². The molecule has 1 atom stereocenters. The summed E-state index contributed by atoms with van der Waals surface area (Å²) < 4.78 is 5.27. The van der Waals surface area contributed by atoms with Crippen molar-refractivity contribution in [2.45, 2.75) is 13.3 Å². The van der Waals surface area contributed by atoms with Crippen molar-refractivity contribution in [1.82, 2.24) is 4.98 Å². The molecule has 1 aromatic heterocycles. The number of hydrogen-bond donors (Lipinski definition) is 1. The van der Waals surface area contributed by atoms with Crippen molar-refractivity contribution in [2.24, 2.45) is 5.92 Å². The summed E-state index contributed by atoms with van der Waals surface area (Å²) in [5, 5.41) is 11.1. The summed E-state index contributed by atoms with van der Waals surface area (Å²) >= 11 is 0. The number of benzene rings is 1. The van der Waals surface area contributed by atoms with Crippen molar-refractivity contribution in [3.05, 3.63) is 42.1 Å². The molecule has 1 N–H and O–H groups in total. The number of nitrogens with zero attached hydrogens (tertiary/aromatic N) is 1. The Labute approximate surface area is 113 Å². The average molecular weight is 257 g/mol. The van der Waals surface area contributed by atoms with Gasteiger partial charge in [-0.1, -0.05) is 31.2 Å². The van der Waals surface area contributed by atoms with Crippen LogP contribution in [0, 0.1) is 5.92 Å². The number of ether oxygens (including phenoxy) is 1. The Kier molecular flexibility index (Phi) is 4.53. The molecular formula is C16H19NO2. The molecule has 1 heterocycles. The Morgan fingerprint density at radius 2 is 2.21 bits per heavy atom. The summed E-state index contributed by atoms with van der Waals surface area (Å²) in [6, 6.07) is 8.18. The highest BCUT2D eigenvalue weighted by Gasteiger charge is 2.02. The third-order valence-corrected chi connectivity index (χ3v) is 3.11. The molecule has 2 aromatic rings. The molecular weight excluding hydrogens is 238 g/mol. The lowest BCUT2D eigenvalue weighted by atomic mass is 10.1. The standard InChI is InChI=1S/C16H19NO2/c1-12(11-18)4-3-5-13-6-7-14-8-9-17-16(19-2)15(14)10-13/h3,5-10,12,18H,4,11H2,1-2H3/b5-3+/t12-/m1/s1. The zero-order chi connectivity index (χ0) is 13.7. The van der Waals surface area contributed by atoms with Crippen molar-refractivity contribution >= 4 is 16.8 Å². The van der Waals surface area contributed by atoms with E-state index >= 15 is 0 Å². The number of pyridine rings is 1. The van der Waals surface area contributed by atoms with Crippen molar-refractivity contribution in [3.63, 3.8) is 0 Å². The van der Waals surface area contributed by atoms with Crippen LogP contribution in [0.5, 0.6) is 5.88 Å². The minimum absolute atomic E-state index is 0.222. The van der Waals surface area contributed by atoms with Gasteiger partial charge in [0.2, 0.25) is 5.88 Å². The van der Waals surface area contributed by atoms with E-state index in [1.54, 1.807) is 13.3 Å². The van der Waals surface area contributed by atoms with Crippen LogP contribution >= 0.6 is 0 Å². The maximum Gasteiger partial charge on any atom is 0.221 e. The maximum absolute atomic E-state index is 8.98. The highest BCUT2D eigenvalue weighted by molar-refractivity contribution is 5.88. The normalized spacial score (nSPS) is 13.0. The third-order valence-electron chi connectivity index (χ3n) is 3.11. The molecule has 100 valence electrons. The number of allylic oxidation sites excluding steroid dienone is 1. The lowest BCUT2D eigenvalue weighted by Gasteiger charge is -2.05. The molecule has 0 bridgehead atoms. The van der Waals surface area contributed by atoms with Gasteiger partial charge in [0, 0.05) is 18.2 Å². The van der Waals surface area contributed by atoms with Gasteiger partial charge in [0.05, 0.1) is 7.11 Å². The fraction of sp³-hybridized carbons (Fsp3) is 0.312. The summed E-state index contributed by atoms with van der Waals surface area (Å²) in [5.74, 6) is 0.949. The monoisotopic (exact) mass is 257 g/mol. The number of rotatable bonds is 5. The van der Waals surface area contributed by atoms with Crippen LogP contribution in [0.1, 0.15) is 18.9 Å². The summed E-state index contributed by atoms with van der Waals surface area (Å²) in [6.07, 6.45) is 6.78. The first-order chi connectivity index (χ1) is 9.24. The van der Waals surface area contributed by atoms with Gasteiger partial charge < -0.3 is 9.84 Å². The van der Waals surface area contributed by atoms with Gasteiger partial charge in [-0.2, -0.15) is 0 Å². The fourth-order valence-electron chi connectivity index (χ4n) is 1.94. The van der Waals surface area contributed by atoms with Crippen LogP contribution in [0.25, 0.3) is 16.8 Å². The molecule has 0 saturated heterocycles. The summed E-state index contributed by atoms with van der Waals surface area (Å²) in [6.45, 7) is 2.25. The maximum atomic E-state index is 8.98. The number of methoxy groups -OCH3 is 1. The van der Waals surface area contributed by atoms with E-state index in [1.165, 1.54) is 0 Å². The van der Waals surface area contributed by atoms with Crippen molar-refractivity contribution in [3.8, 4) is 5.88 Å². The first-order valence-electron chi connectivity index (χ1n) is 6.44. The topological polar surface area (TPSA) is 42.4 Å². The second kappa shape index (κ2) is 6.34. The quantitative estimate of drug-likeness (QED) is 0.893. The Morgan fingerprint density at radius 3 is 2.95 bits per heavy atom. The lowest BCUT2D eigenvalue weighted by molar-refractivity contribution is 0.239. The van der Waals surface area contributed by atoms with Gasteiger partial charge in [-0.15, -0.1) is 0 Å². The van der Waals surface area contributed by atoms with Crippen LogP contribution < -0.4 is 4.74 Å². The first-order valence-corrected chi connectivity index (χ1v) is 6.44. The Morgan fingerprint density at radius 1 is 1.37 bits per heavy atom. The van der Waals surface area contributed by atoms with Crippen LogP contribution in [-0.2, 0) is 0 Å². The minimum Gasteiger partial charge on any atom is -0.481 e. The molecule has 0 aliphatic carbocycles. The minimum atomic E-state index is 0.222. The molecule has 0 saturated carbocycles. The molecule has 1 aromatic carbocycles. The van der Waals surface area contributed by atoms with E-state index in [9.17, 15) is 0 Å². The predicted octanol–water partition coefficient (Wildman–Crippen LogP) is 3.28. The Balaban J connectivity index is 2.25. The average Bonchev–Trinajstić information content (AvgIpc) is 2.46. The van der Waals surface area contributed by atoms with E-state index in [2.05, 4.69) is 35.3 Å². The molecule has 0 aliphatic rings. The van der Waals surface area contributed by atoms with E-state index < -0.39 is 0 Å². The van der Waals surface area contributed by atoms with Crippen LogP contribution in [0.15, 0.2) is 36.5 Å². The summed E-state index contributed by atoms with van der Waals surface area (Å²) in [5.41, 5.74) is 1.11. The molecule has 0 fully saturated rings. The molecule has 3 heteroatoms. The van der Waals surface area contributed by atoms with Gasteiger partial charge in [0.25, 0.3) is 0 Å². The molecule has 0 radical (unpaired) electrons. The van der Waals surface area contributed by atoms with Crippen molar-refractivity contribution in [2.75, 3.05) is 13.7 Å². The van der Waals surface area contributed by atoms with Crippen LogP contribution in [0.4, 0.5) is 0 Å². The van der Waals surface area contributed by atoms with E-state index in [1.807, 2.05) is 13.0 Å². The van der Waals surface area contributed by atoms with Gasteiger partial charge >= 0.3 is 0 Å². The zero-order valence-corrected chi connectivity index (χ0v) is 11.3. The molecule has 0 unspecified atom stereocenters. The smallest absolute Gasteiger partial charge is 0.221 e. The van der Waals surface area contributed by atoms with Crippen molar-refractivity contribution in [1.29, 1.82) is 0 Å². The van der Waals surface area contributed by atoms with Gasteiger partial charge in [-0.05, 0) is 35.4 Å². The van der Waals surface area contributed by atoms with E-state index in [-0.39, 0.29) is 6.61 Å². The fourth-order valence-corrected chi connectivity index (χ4v) is 1.94. The van der Waals surface area contributed by atoms with E-state index in [0.29, 0.717) is 11.8 Å². The second-order valence-electron chi connectivity index (χ2n) is 4.73. The Hall–Kier alpha value is -1.87. The SMILES string of the molecule is COc1nccc2ccc(/C=C/C[C@@H](C)CO)cc12. The highest BCUT2D eigenvalue weighted by atomic mass is 16.5. The predicted molar refractivity (Wildman–Crippen MR) is 78.2 cm³/mol. The number of fused-ring (bicyclic) bond motifs is 1. The summed E-state index contributed by atoms with van der Waals surface area (Å²) in [4.78, 5) is 4.21. The van der Waals surface area contributed by atoms with Gasteiger partial charge in [-0.3, -0.25) is 0 Å². The van der Waals surface area contributed by atoms with Crippen LogP contribution in [0.2, 0.25) is 0 Å². The summed E-state index contributed by atoms with van der Waals surface area (Å²) in [7, 11) is 1.63. The van der Waals surface area contributed by atoms with Gasteiger partial charge in [-0.25, -0.2) is 4.98 Å². The molecule has 2 rings (SSSR count). The molecule has 0 amide bonds. The third kappa shape index (κ3) is 3.32. The highest BCUT2D eigenvalue weighted by Crippen LogP contribution is 2.24. The van der Waals surface area contributed by atoms with Gasteiger partial charge in [0.1, 0.15) is 0 Å². The lowest BCUT2D eigenvalue weighted by Crippen LogP contribution is -1.97. The second-order valence-corrected chi connectivity index (χ2v) is 4.73.